The molecule has 3 rings (SSSR count). The Hall–Kier alpha value is -1.40. The Morgan fingerprint density at radius 2 is 2.16 bits per heavy atom. The van der Waals surface area contributed by atoms with Gasteiger partial charge in [0, 0.05) is 16.3 Å². The van der Waals surface area contributed by atoms with E-state index in [0.29, 0.717) is 12.4 Å². The van der Waals surface area contributed by atoms with Gasteiger partial charge in [0.15, 0.2) is 0 Å². The van der Waals surface area contributed by atoms with Crippen molar-refractivity contribution in [3.8, 4) is 0 Å². The summed E-state index contributed by atoms with van der Waals surface area (Å²) in [6, 6.07) is 4.48. The van der Waals surface area contributed by atoms with Crippen molar-refractivity contribution in [1.29, 1.82) is 0 Å². The molecule has 1 aliphatic carbocycles. The summed E-state index contributed by atoms with van der Waals surface area (Å²) < 4.78 is 0. The first kappa shape index (κ1) is 12.6. The van der Waals surface area contributed by atoms with Crippen LogP contribution in [-0.4, -0.2) is 15.2 Å². The molecule has 0 aliphatic heterocycles. The zero-order chi connectivity index (χ0) is 13.1. The Kier molecular flexibility index (Phi) is 3.79. The van der Waals surface area contributed by atoms with Gasteiger partial charge in [0.1, 0.15) is 5.82 Å². The highest BCUT2D eigenvalue weighted by atomic mass is 32.1. The summed E-state index contributed by atoms with van der Waals surface area (Å²) in [6.45, 7) is 1.40. The second kappa shape index (κ2) is 5.71. The molecule has 0 saturated heterocycles. The third kappa shape index (κ3) is 3.13. The molecule has 2 heterocycles. The summed E-state index contributed by atoms with van der Waals surface area (Å²) >= 11 is 1.91. The van der Waals surface area contributed by atoms with Gasteiger partial charge in [-0.05, 0) is 30.9 Å². The minimum Gasteiger partial charge on any atom is -0.305 e. The first-order valence-electron chi connectivity index (χ1n) is 6.74. The minimum absolute atomic E-state index is 0.253. The number of thiophene rings is 1. The second-order valence-corrected chi connectivity index (χ2v) is 6.21. The molecule has 2 aromatic heterocycles. The molecule has 3 N–H and O–H groups in total. The van der Waals surface area contributed by atoms with Crippen molar-refractivity contribution in [2.45, 2.75) is 44.7 Å². The van der Waals surface area contributed by atoms with Crippen molar-refractivity contribution in [3.63, 3.8) is 0 Å². The molecule has 0 spiro atoms. The molecule has 1 fully saturated rings. The van der Waals surface area contributed by atoms with Crippen LogP contribution in [0.15, 0.2) is 16.9 Å². The zero-order valence-corrected chi connectivity index (χ0v) is 11.6. The van der Waals surface area contributed by atoms with E-state index in [1.54, 1.807) is 0 Å². The van der Waals surface area contributed by atoms with Crippen molar-refractivity contribution >= 4 is 11.3 Å². The van der Waals surface area contributed by atoms with E-state index in [-0.39, 0.29) is 5.69 Å². The topological polar surface area (TPSA) is 73.6 Å². The Balaban J connectivity index is 1.51. The van der Waals surface area contributed by atoms with Gasteiger partial charge in [-0.3, -0.25) is 4.98 Å². The first-order valence-corrected chi connectivity index (χ1v) is 7.56. The van der Waals surface area contributed by atoms with E-state index in [2.05, 4.69) is 32.6 Å². The van der Waals surface area contributed by atoms with Gasteiger partial charge in [-0.1, -0.05) is 12.8 Å². The molecule has 0 unspecified atom stereocenters. The quantitative estimate of drug-likeness (QED) is 0.784. The fourth-order valence-corrected chi connectivity index (χ4v) is 3.76. The summed E-state index contributed by atoms with van der Waals surface area (Å²) in [5.74, 6) is 1.44. The lowest BCUT2D eigenvalue weighted by Gasteiger charge is -2.04. The molecule has 1 aliphatic rings. The van der Waals surface area contributed by atoms with Gasteiger partial charge in [-0.2, -0.15) is 5.10 Å². The van der Waals surface area contributed by atoms with Crippen LogP contribution in [0.4, 0.5) is 0 Å². The summed E-state index contributed by atoms with van der Waals surface area (Å²) in [5.41, 5.74) is -0.253. The van der Waals surface area contributed by atoms with Crippen molar-refractivity contribution in [2.24, 2.45) is 0 Å². The number of H-pyrrole nitrogens is 2. The van der Waals surface area contributed by atoms with Gasteiger partial charge < -0.3 is 5.32 Å². The molecule has 0 bridgehead atoms. The van der Waals surface area contributed by atoms with E-state index in [9.17, 15) is 4.79 Å². The minimum atomic E-state index is -0.253. The van der Waals surface area contributed by atoms with Crippen LogP contribution in [0.1, 0.15) is 47.2 Å². The Labute approximate surface area is 115 Å². The van der Waals surface area contributed by atoms with E-state index in [4.69, 9.17) is 0 Å². The molecule has 1 saturated carbocycles. The van der Waals surface area contributed by atoms with Gasteiger partial charge >= 0.3 is 5.69 Å². The van der Waals surface area contributed by atoms with E-state index in [1.807, 2.05) is 11.3 Å². The molecule has 19 heavy (non-hydrogen) atoms. The lowest BCUT2D eigenvalue weighted by molar-refractivity contribution is 0.671. The highest BCUT2D eigenvalue weighted by Crippen LogP contribution is 2.37. The molecule has 0 amide bonds. The van der Waals surface area contributed by atoms with Crippen molar-refractivity contribution in [1.82, 2.24) is 20.5 Å². The van der Waals surface area contributed by atoms with Crippen LogP contribution in [0, 0.1) is 0 Å². The van der Waals surface area contributed by atoms with Gasteiger partial charge in [0.25, 0.3) is 0 Å². The zero-order valence-electron chi connectivity index (χ0n) is 10.7. The van der Waals surface area contributed by atoms with Crippen LogP contribution >= 0.6 is 11.3 Å². The lowest BCUT2D eigenvalue weighted by atomic mass is 10.1. The maximum atomic E-state index is 10.9. The van der Waals surface area contributed by atoms with Crippen LogP contribution in [-0.2, 0) is 13.1 Å². The molecule has 0 aromatic carbocycles. The molecular weight excluding hydrogens is 260 g/mol. The van der Waals surface area contributed by atoms with Gasteiger partial charge in [0.2, 0.25) is 0 Å². The average molecular weight is 278 g/mol. The SMILES string of the molecule is O=c1[nH]nc(CNCc2ccc(C3CCCC3)s2)[nH]1. The lowest BCUT2D eigenvalue weighted by Crippen LogP contribution is -2.13. The predicted octanol–water partition coefficient (Wildman–Crippen LogP) is 2.11. The summed E-state index contributed by atoms with van der Waals surface area (Å²) in [5, 5.41) is 9.52. The number of hydrogen-bond acceptors (Lipinski definition) is 4. The number of aromatic amines is 2. The molecule has 0 atom stereocenters. The fraction of sp³-hybridized carbons (Fsp3) is 0.538. The third-order valence-corrected chi connectivity index (χ3v) is 4.83. The van der Waals surface area contributed by atoms with Crippen LogP contribution < -0.4 is 11.0 Å². The van der Waals surface area contributed by atoms with Gasteiger partial charge in [0.05, 0.1) is 6.54 Å². The third-order valence-electron chi connectivity index (χ3n) is 3.58. The molecule has 2 aromatic rings. The average Bonchev–Trinajstić information content (AvgIpc) is 3.09. The molecule has 102 valence electrons. The Morgan fingerprint density at radius 1 is 1.32 bits per heavy atom. The van der Waals surface area contributed by atoms with Crippen molar-refractivity contribution < 1.29 is 0 Å². The number of rotatable bonds is 5. The molecular formula is C13H18N4OS. The molecule has 6 heteroatoms. The van der Waals surface area contributed by atoms with Gasteiger partial charge in [-0.25, -0.2) is 9.89 Å². The fourth-order valence-electron chi connectivity index (χ4n) is 2.61. The van der Waals surface area contributed by atoms with E-state index in [1.165, 1.54) is 35.4 Å². The highest BCUT2D eigenvalue weighted by Gasteiger charge is 2.18. The number of nitrogens with zero attached hydrogens (tertiary/aromatic N) is 1. The number of hydrogen-bond donors (Lipinski definition) is 3. The summed E-state index contributed by atoms with van der Waals surface area (Å²) in [4.78, 5) is 16.4. The van der Waals surface area contributed by atoms with E-state index >= 15 is 0 Å². The largest absolute Gasteiger partial charge is 0.340 e. The maximum Gasteiger partial charge on any atom is 0.340 e. The molecule has 0 radical (unpaired) electrons. The van der Waals surface area contributed by atoms with E-state index in [0.717, 1.165) is 12.5 Å². The van der Waals surface area contributed by atoms with Crippen LogP contribution in [0.3, 0.4) is 0 Å². The summed E-state index contributed by atoms with van der Waals surface area (Å²) in [6.07, 6.45) is 5.45. The molecule has 5 nitrogen and oxygen atoms in total. The standard InChI is InChI=1S/C13H18N4OS/c18-13-15-12(16-17-13)8-14-7-10-5-6-11(19-10)9-3-1-2-4-9/h5-6,9,14H,1-4,7-8H2,(H2,15,16,17,18). The van der Waals surface area contributed by atoms with Crippen LogP contribution in [0.5, 0.6) is 0 Å². The van der Waals surface area contributed by atoms with E-state index < -0.39 is 0 Å². The van der Waals surface area contributed by atoms with Gasteiger partial charge in [-0.15, -0.1) is 11.3 Å². The first-order chi connectivity index (χ1) is 9.31. The second-order valence-electron chi connectivity index (χ2n) is 5.01. The Morgan fingerprint density at radius 3 is 2.89 bits per heavy atom. The van der Waals surface area contributed by atoms with Crippen LogP contribution in [0.2, 0.25) is 0 Å². The van der Waals surface area contributed by atoms with Crippen LogP contribution in [0.25, 0.3) is 0 Å². The highest BCUT2D eigenvalue weighted by molar-refractivity contribution is 7.12. The number of nitrogens with one attached hydrogen (secondary N) is 3. The smallest absolute Gasteiger partial charge is 0.305 e. The Bertz CT molecular complexity index is 579. The monoisotopic (exact) mass is 278 g/mol. The number of aromatic nitrogens is 3. The van der Waals surface area contributed by atoms with Crippen molar-refractivity contribution in [3.05, 3.63) is 38.2 Å². The summed E-state index contributed by atoms with van der Waals surface area (Å²) in [7, 11) is 0. The predicted molar refractivity (Wildman–Crippen MR) is 75.3 cm³/mol. The maximum absolute atomic E-state index is 10.9. The van der Waals surface area contributed by atoms with Crippen molar-refractivity contribution in [2.75, 3.05) is 0 Å². The normalized spacial score (nSPS) is 16.2.